The van der Waals surface area contributed by atoms with Crippen LogP contribution in [0.3, 0.4) is 0 Å². The molecule has 152 valence electrons. The van der Waals surface area contributed by atoms with E-state index < -0.39 is 6.10 Å². The van der Waals surface area contributed by atoms with Crippen LogP contribution in [0.4, 0.5) is 0 Å². The molecule has 1 atom stereocenters. The lowest BCUT2D eigenvalue weighted by atomic mass is 10.1. The molecule has 2 aromatic carbocycles. The molecule has 0 radical (unpaired) electrons. The second-order valence-electron chi connectivity index (χ2n) is 5.92. The number of hydrogen-bond acceptors (Lipinski definition) is 6. The molecule has 1 N–H and O–H groups in total. The third kappa shape index (κ3) is 5.00. The van der Waals surface area contributed by atoms with Gasteiger partial charge in [-0.25, -0.2) is 0 Å². The van der Waals surface area contributed by atoms with Gasteiger partial charge in [0.1, 0.15) is 0 Å². The van der Waals surface area contributed by atoms with E-state index in [1.807, 2.05) is 19.1 Å². The summed E-state index contributed by atoms with van der Waals surface area (Å²) in [5.41, 5.74) is 0.815. The normalized spacial score (nSPS) is 11.3. The zero-order chi connectivity index (χ0) is 20.5. The molecule has 0 saturated heterocycles. The SMILES string of the molecule is CC[C@H](Oc1ccccc1OC)C(=O)NCc1cc(OC)c(OC)c(OC)c1. The Kier molecular flexibility index (Phi) is 7.80. The Morgan fingerprint density at radius 2 is 1.46 bits per heavy atom. The molecule has 0 heterocycles. The minimum absolute atomic E-state index is 0.220. The van der Waals surface area contributed by atoms with Gasteiger partial charge in [0.25, 0.3) is 5.91 Å². The van der Waals surface area contributed by atoms with Gasteiger partial charge in [-0.2, -0.15) is 0 Å². The first-order valence-electron chi connectivity index (χ1n) is 8.94. The topological polar surface area (TPSA) is 75.3 Å². The first kappa shape index (κ1) is 21.2. The average molecular weight is 389 g/mol. The lowest BCUT2D eigenvalue weighted by molar-refractivity contribution is -0.128. The molecule has 2 rings (SSSR count). The molecule has 0 fully saturated rings. The van der Waals surface area contributed by atoms with Crippen molar-refractivity contribution in [2.45, 2.75) is 26.0 Å². The van der Waals surface area contributed by atoms with Crippen molar-refractivity contribution in [1.29, 1.82) is 0 Å². The molecule has 7 heteroatoms. The Morgan fingerprint density at radius 1 is 0.893 bits per heavy atom. The fourth-order valence-electron chi connectivity index (χ4n) is 2.73. The molecule has 0 bridgehead atoms. The van der Waals surface area contributed by atoms with Crippen LogP contribution in [0.15, 0.2) is 36.4 Å². The highest BCUT2D eigenvalue weighted by molar-refractivity contribution is 5.81. The van der Waals surface area contributed by atoms with Crippen molar-refractivity contribution in [2.75, 3.05) is 28.4 Å². The number of para-hydroxylation sites is 2. The minimum atomic E-state index is -0.640. The summed E-state index contributed by atoms with van der Waals surface area (Å²) >= 11 is 0. The Labute approximate surface area is 165 Å². The summed E-state index contributed by atoms with van der Waals surface area (Å²) in [4.78, 5) is 12.6. The number of hydrogen-bond donors (Lipinski definition) is 1. The molecule has 0 aliphatic rings. The van der Waals surface area contributed by atoms with Gasteiger partial charge >= 0.3 is 0 Å². The van der Waals surface area contributed by atoms with Gasteiger partial charge in [0.2, 0.25) is 5.75 Å². The molecule has 0 unspecified atom stereocenters. The average Bonchev–Trinajstić information content (AvgIpc) is 2.74. The standard InChI is InChI=1S/C21H27NO6/c1-6-15(28-17-10-8-7-9-16(17)24-2)21(23)22-13-14-11-18(25-3)20(27-5)19(12-14)26-4/h7-12,15H,6,13H2,1-5H3,(H,22,23)/t15-/m0/s1. The van der Waals surface area contributed by atoms with Crippen molar-refractivity contribution in [2.24, 2.45) is 0 Å². The van der Waals surface area contributed by atoms with Crippen LogP contribution in [0, 0.1) is 0 Å². The van der Waals surface area contributed by atoms with Crippen LogP contribution in [-0.4, -0.2) is 40.5 Å². The van der Waals surface area contributed by atoms with Gasteiger partial charge in [-0.05, 0) is 36.2 Å². The van der Waals surface area contributed by atoms with Gasteiger partial charge in [-0.15, -0.1) is 0 Å². The van der Waals surface area contributed by atoms with Crippen LogP contribution in [0.25, 0.3) is 0 Å². The first-order chi connectivity index (χ1) is 13.6. The van der Waals surface area contributed by atoms with E-state index in [2.05, 4.69) is 5.32 Å². The Balaban J connectivity index is 2.09. The predicted molar refractivity (Wildman–Crippen MR) is 106 cm³/mol. The maximum absolute atomic E-state index is 12.6. The van der Waals surface area contributed by atoms with Gasteiger partial charge in [-0.3, -0.25) is 4.79 Å². The highest BCUT2D eigenvalue weighted by Gasteiger charge is 2.20. The van der Waals surface area contributed by atoms with Crippen LogP contribution in [0.1, 0.15) is 18.9 Å². The largest absolute Gasteiger partial charge is 0.493 e. The lowest BCUT2D eigenvalue weighted by Crippen LogP contribution is -2.37. The number of carbonyl (C=O) groups excluding carboxylic acids is 1. The smallest absolute Gasteiger partial charge is 0.261 e. The van der Waals surface area contributed by atoms with E-state index in [1.165, 1.54) is 0 Å². The van der Waals surface area contributed by atoms with Crippen LogP contribution in [0.2, 0.25) is 0 Å². The number of rotatable bonds is 10. The maximum atomic E-state index is 12.6. The zero-order valence-corrected chi connectivity index (χ0v) is 16.9. The summed E-state index contributed by atoms with van der Waals surface area (Å²) in [6, 6.07) is 10.8. The summed E-state index contributed by atoms with van der Waals surface area (Å²) in [5, 5.41) is 2.89. The van der Waals surface area contributed by atoms with E-state index in [9.17, 15) is 4.79 Å². The van der Waals surface area contributed by atoms with Gasteiger partial charge < -0.3 is 29.0 Å². The van der Waals surface area contributed by atoms with Gasteiger partial charge in [0.05, 0.1) is 28.4 Å². The van der Waals surface area contributed by atoms with Crippen molar-refractivity contribution >= 4 is 5.91 Å². The van der Waals surface area contributed by atoms with Crippen molar-refractivity contribution in [3.8, 4) is 28.7 Å². The van der Waals surface area contributed by atoms with Crippen LogP contribution < -0.4 is 29.0 Å². The molecule has 0 aromatic heterocycles. The maximum Gasteiger partial charge on any atom is 0.261 e. The number of ether oxygens (including phenoxy) is 5. The molecule has 0 aliphatic carbocycles. The lowest BCUT2D eigenvalue weighted by Gasteiger charge is -2.19. The highest BCUT2D eigenvalue weighted by atomic mass is 16.5. The van der Waals surface area contributed by atoms with Crippen molar-refractivity contribution in [3.05, 3.63) is 42.0 Å². The van der Waals surface area contributed by atoms with E-state index in [4.69, 9.17) is 23.7 Å². The van der Waals surface area contributed by atoms with E-state index in [-0.39, 0.29) is 5.91 Å². The second-order valence-corrected chi connectivity index (χ2v) is 5.92. The summed E-state index contributed by atoms with van der Waals surface area (Å²) in [6.07, 6.45) is -0.127. The second kappa shape index (κ2) is 10.3. The first-order valence-corrected chi connectivity index (χ1v) is 8.94. The summed E-state index contributed by atoms with van der Waals surface area (Å²) in [7, 11) is 6.21. The molecule has 0 saturated carbocycles. The van der Waals surface area contributed by atoms with Crippen molar-refractivity contribution in [1.82, 2.24) is 5.32 Å². The molecule has 0 spiro atoms. The molecule has 0 aliphatic heterocycles. The zero-order valence-electron chi connectivity index (χ0n) is 16.9. The van der Waals surface area contributed by atoms with E-state index in [0.29, 0.717) is 41.7 Å². The fraction of sp³-hybridized carbons (Fsp3) is 0.381. The van der Waals surface area contributed by atoms with Gasteiger partial charge in [0, 0.05) is 6.54 Å². The molecular weight excluding hydrogens is 362 g/mol. The summed E-state index contributed by atoms with van der Waals surface area (Å²) in [6.45, 7) is 2.18. The third-order valence-electron chi connectivity index (χ3n) is 4.19. The number of nitrogens with one attached hydrogen (secondary N) is 1. The van der Waals surface area contributed by atoms with Crippen LogP contribution in [0.5, 0.6) is 28.7 Å². The fourth-order valence-corrected chi connectivity index (χ4v) is 2.73. The molecule has 2 aromatic rings. The molecule has 7 nitrogen and oxygen atoms in total. The quantitative estimate of drug-likeness (QED) is 0.673. The van der Waals surface area contributed by atoms with Crippen molar-refractivity contribution < 1.29 is 28.5 Å². The number of benzene rings is 2. The Morgan fingerprint density at radius 3 is 1.96 bits per heavy atom. The summed E-state index contributed by atoms with van der Waals surface area (Å²) < 4.78 is 27.1. The van der Waals surface area contributed by atoms with Crippen molar-refractivity contribution in [3.63, 3.8) is 0 Å². The monoisotopic (exact) mass is 389 g/mol. The van der Waals surface area contributed by atoms with Crippen LogP contribution in [-0.2, 0) is 11.3 Å². The van der Waals surface area contributed by atoms with E-state index in [0.717, 1.165) is 5.56 Å². The van der Waals surface area contributed by atoms with Gasteiger partial charge in [0.15, 0.2) is 29.1 Å². The molecule has 1 amide bonds. The predicted octanol–water partition coefficient (Wildman–Crippen LogP) is 3.19. The number of amides is 1. The van der Waals surface area contributed by atoms with E-state index in [1.54, 1.807) is 52.7 Å². The van der Waals surface area contributed by atoms with Crippen LogP contribution >= 0.6 is 0 Å². The summed E-state index contributed by atoms with van der Waals surface area (Å²) in [5.74, 6) is 2.46. The third-order valence-corrected chi connectivity index (χ3v) is 4.19. The van der Waals surface area contributed by atoms with Gasteiger partial charge in [-0.1, -0.05) is 19.1 Å². The molecule has 28 heavy (non-hydrogen) atoms. The number of carbonyl (C=O) groups is 1. The Bertz CT molecular complexity index is 767. The Hall–Kier alpha value is -3.09. The molecular formula is C21H27NO6. The van der Waals surface area contributed by atoms with E-state index >= 15 is 0 Å². The number of methoxy groups -OCH3 is 4. The highest BCUT2D eigenvalue weighted by Crippen LogP contribution is 2.38. The minimum Gasteiger partial charge on any atom is -0.493 e.